The molecule has 1 aromatic rings. The summed E-state index contributed by atoms with van der Waals surface area (Å²) >= 11 is 0. The van der Waals surface area contributed by atoms with E-state index in [-0.39, 0.29) is 6.10 Å². The van der Waals surface area contributed by atoms with Crippen LogP contribution >= 0.6 is 0 Å². The Kier molecular flexibility index (Phi) is 4.54. The van der Waals surface area contributed by atoms with Crippen molar-refractivity contribution in [3.63, 3.8) is 0 Å². The largest absolute Gasteiger partial charge is 0.388 e. The van der Waals surface area contributed by atoms with Crippen LogP contribution in [0.4, 0.5) is 0 Å². The average Bonchev–Trinajstić information content (AvgIpc) is 2.38. The third-order valence-corrected chi connectivity index (χ3v) is 3.48. The molecule has 0 bridgehead atoms. The van der Waals surface area contributed by atoms with Gasteiger partial charge in [-0.15, -0.1) is 0 Å². The molecule has 1 radical (unpaired) electrons. The maximum absolute atomic E-state index is 10.1. The molecular formula is C14H21N2O. The zero-order valence-electron chi connectivity index (χ0n) is 10.1. The number of hydrogen-bond donors (Lipinski definition) is 3. The second kappa shape index (κ2) is 6.15. The van der Waals surface area contributed by atoms with E-state index in [1.165, 1.54) is 0 Å². The predicted molar refractivity (Wildman–Crippen MR) is 69.0 cm³/mol. The van der Waals surface area contributed by atoms with Gasteiger partial charge in [0.15, 0.2) is 0 Å². The maximum atomic E-state index is 10.1. The minimum absolute atomic E-state index is 0.370. The molecule has 1 saturated heterocycles. The van der Waals surface area contributed by atoms with Crippen molar-refractivity contribution in [3.8, 4) is 0 Å². The Balaban J connectivity index is 1.81. The molecule has 0 saturated carbocycles. The molecule has 3 heteroatoms. The Morgan fingerprint density at radius 1 is 1.35 bits per heavy atom. The number of rotatable bonds is 4. The van der Waals surface area contributed by atoms with E-state index >= 15 is 0 Å². The van der Waals surface area contributed by atoms with Crippen molar-refractivity contribution in [2.75, 3.05) is 13.1 Å². The van der Waals surface area contributed by atoms with E-state index in [2.05, 4.69) is 5.32 Å². The van der Waals surface area contributed by atoms with Crippen LogP contribution in [-0.2, 0) is 0 Å². The van der Waals surface area contributed by atoms with Gasteiger partial charge >= 0.3 is 0 Å². The quantitative estimate of drug-likeness (QED) is 0.740. The van der Waals surface area contributed by atoms with Crippen molar-refractivity contribution in [1.29, 1.82) is 0 Å². The van der Waals surface area contributed by atoms with Gasteiger partial charge < -0.3 is 16.2 Å². The van der Waals surface area contributed by atoms with Gasteiger partial charge in [-0.25, -0.2) is 0 Å². The van der Waals surface area contributed by atoms with Crippen LogP contribution in [0.25, 0.3) is 0 Å². The summed E-state index contributed by atoms with van der Waals surface area (Å²) in [6.07, 6.45) is 2.32. The molecule has 1 aromatic carbocycles. The van der Waals surface area contributed by atoms with Crippen LogP contribution in [0.15, 0.2) is 30.3 Å². The van der Waals surface area contributed by atoms with Crippen LogP contribution in [0.5, 0.6) is 0 Å². The van der Waals surface area contributed by atoms with Gasteiger partial charge in [0, 0.05) is 6.04 Å². The Bertz CT molecular complexity index is 328. The second-order valence-corrected chi connectivity index (χ2v) is 4.73. The van der Waals surface area contributed by atoms with E-state index in [1.807, 2.05) is 30.3 Å². The average molecular weight is 233 g/mol. The Morgan fingerprint density at radius 3 is 2.82 bits per heavy atom. The van der Waals surface area contributed by atoms with E-state index in [1.54, 1.807) is 0 Å². The van der Waals surface area contributed by atoms with E-state index in [0.717, 1.165) is 44.0 Å². The molecular weight excluding hydrogens is 212 g/mol. The molecule has 1 aliphatic heterocycles. The fourth-order valence-corrected chi connectivity index (χ4v) is 2.33. The molecule has 1 aliphatic rings. The van der Waals surface area contributed by atoms with Crippen molar-refractivity contribution in [2.45, 2.75) is 25.4 Å². The lowest BCUT2D eigenvalue weighted by atomic mass is 9.88. The normalized spacial score (nSPS) is 23.5. The standard InChI is InChI=1S/C14H21N2O/c15-13-8-9-16-10-12(13)6-7-14(17)11-4-2-1-3-5-11/h1-5,12,14,16-17H,6-10,15H2. The number of benzene rings is 1. The summed E-state index contributed by atoms with van der Waals surface area (Å²) in [5, 5.41) is 13.4. The zero-order chi connectivity index (χ0) is 12.1. The fourth-order valence-electron chi connectivity index (χ4n) is 2.33. The van der Waals surface area contributed by atoms with E-state index < -0.39 is 0 Å². The molecule has 1 fully saturated rings. The minimum atomic E-state index is -0.370. The Labute approximate surface area is 103 Å². The molecule has 2 unspecified atom stereocenters. The van der Waals surface area contributed by atoms with Crippen molar-refractivity contribution >= 4 is 0 Å². The van der Waals surface area contributed by atoms with E-state index in [9.17, 15) is 5.11 Å². The monoisotopic (exact) mass is 233 g/mol. The molecule has 17 heavy (non-hydrogen) atoms. The highest BCUT2D eigenvalue weighted by atomic mass is 16.3. The number of nitrogens with one attached hydrogen (secondary N) is 1. The van der Waals surface area contributed by atoms with Crippen LogP contribution in [0, 0.1) is 12.0 Å². The first-order valence-corrected chi connectivity index (χ1v) is 6.32. The lowest BCUT2D eigenvalue weighted by molar-refractivity contribution is 0.155. The second-order valence-electron chi connectivity index (χ2n) is 4.73. The molecule has 2 rings (SSSR count). The summed E-state index contributed by atoms with van der Waals surface area (Å²) < 4.78 is 0. The minimum Gasteiger partial charge on any atom is -0.388 e. The summed E-state index contributed by atoms with van der Waals surface area (Å²) in [7, 11) is 0. The van der Waals surface area contributed by atoms with Crippen molar-refractivity contribution in [2.24, 2.45) is 11.7 Å². The van der Waals surface area contributed by atoms with Crippen LogP contribution in [0.1, 0.15) is 30.9 Å². The summed E-state index contributed by atoms with van der Waals surface area (Å²) in [6.45, 7) is 1.94. The highest BCUT2D eigenvalue weighted by molar-refractivity contribution is 5.17. The first-order valence-electron chi connectivity index (χ1n) is 6.32. The van der Waals surface area contributed by atoms with Gasteiger partial charge in [-0.05, 0) is 43.8 Å². The number of hydrogen-bond acceptors (Lipinski definition) is 3. The van der Waals surface area contributed by atoms with Crippen molar-refractivity contribution < 1.29 is 5.11 Å². The molecule has 2 atom stereocenters. The molecule has 4 N–H and O–H groups in total. The molecule has 0 aromatic heterocycles. The first-order chi connectivity index (χ1) is 8.27. The summed E-state index contributed by atoms with van der Waals surface area (Å²) in [5.74, 6) is 0.419. The van der Waals surface area contributed by atoms with Gasteiger partial charge in [0.25, 0.3) is 0 Å². The van der Waals surface area contributed by atoms with Crippen LogP contribution in [0.2, 0.25) is 0 Å². The molecule has 0 spiro atoms. The lowest BCUT2D eigenvalue weighted by Crippen LogP contribution is -2.39. The topological polar surface area (TPSA) is 58.3 Å². The van der Waals surface area contributed by atoms with Crippen molar-refractivity contribution in [3.05, 3.63) is 41.9 Å². The number of piperidine rings is 1. The Hall–Kier alpha value is -0.900. The number of aliphatic hydroxyl groups is 1. The predicted octanol–water partition coefficient (Wildman–Crippen LogP) is 1.60. The van der Waals surface area contributed by atoms with Gasteiger partial charge in [-0.2, -0.15) is 0 Å². The highest BCUT2D eigenvalue weighted by Crippen LogP contribution is 2.26. The number of nitrogens with two attached hydrogens (primary N) is 1. The molecule has 0 aliphatic carbocycles. The van der Waals surface area contributed by atoms with E-state index in [4.69, 9.17) is 5.73 Å². The van der Waals surface area contributed by atoms with Crippen LogP contribution < -0.4 is 11.1 Å². The first kappa shape index (κ1) is 12.6. The smallest absolute Gasteiger partial charge is 0.0790 e. The SMILES string of the molecule is N[C]1CCNCC1CCC(O)c1ccccc1. The fraction of sp³-hybridized carbons (Fsp3) is 0.500. The van der Waals surface area contributed by atoms with Crippen LogP contribution in [0.3, 0.4) is 0 Å². The summed E-state index contributed by atoms with van der Waals surface area (Å²) in [6, 6.07) is 10.9. The summed E-state index contributed by atoms with van der Waals surface area (Å²) in [5.41, 5.74) is 6.99. The van der Waals surface area contributed by atoms with Gasteiger partial charge in [-0.3, -0.25) is 0 Å². The maximum Gasteiger partial charge on any atom is 0.0790 e. The third kappa shape index (κ3) is 3.53. The molecule has 1 heterocycles. The lowest BCUT2D eigenvalue weighted by Gasteiger charge is -2.29. The number of aliphatic hydroxyl groups excluding tert-OH is 1. The highest BCUT2D eigenvalue weighted by Gasteiger charge is 2.23. The van der Waals surface area contributed by atoms with Crippen LogP contribution in [-0.4, -0.2) is 18.2 Å². The van der Waals surface area contributed by atoms with Gasteiger partial charge in [0.2, 0.25) is 0 Å². The van der Waals surface area contributed by atoms with Crippen molar-refractivity contribution in [1.82, 2.24) is 5.32 Å². The molecule has 0 amide bonds. The molecule has 3 nitrogen and oxygen atoms in total. The zero-order valence-corrected chi connectivity index (χ0v) is 10.1. The molecule has 93 valence electrons. The van der Waals surface area contributed by atoms with E-state index in [0.29, 0.717) is 5.92 Å². The van der Waals surface area contributed by atoms with Gasteiger partial charge in [-0.1, -0.05) is 30.3 Å². The Morgan fingerprint density at radius 2 is 2.12 bits per heavy atom. The van der Waals surface area contributed by atoms with Gasteiger partial charge in [0.05, 0.1) is 6.10 Å². The van der Waals surface area contributed by atoms with Gasteiger partial charge in [0.1, 0.15) is 0 Å². The third-order valence-electron chi connectivity index (χ3n) is 3.48. The summed E-state index contributed by atoms with van der Waals surface area (Å²) in [4.78, 5) is 0.